The molecule has 110 valence electrons. The van der Waals surface area contributed by atoms with Crippen LogP contribution in [0.15, 0.2) is 24.3 Å². The second-order valence-corrected chi connectivity index (χ2v) is 5.34. The molecule has 1 aromatic rings. The number of carbonyl (C=O) groups is 1. The lowest BCUT2D eigenvalue weighted by molar-refractivity contribution is -0.145. The van der Waals surface area contributed by atoms with E-state index < -0.39 is 29.2 Å². The van der Waals surface area contributed by atoms with Gasteiger partial charge in [0.05, 0.1) is 5.56 Å². The van der Waals surface area contributed by atoms with E-state index in [1.807, 2.05) is 0 Å². The highest BCUT2D eigenvalue weighted by atomic mass is 19.4. The van der Waals surface area contributed by atoms with Crippen molar-refractivity contribution in [1.82, 2.24) is 5.32 Å². The summed E-state index contributed by atoms with van der Waals surface area (Å²) < 4.78 is 39.1. The minimum atomic E-state index is -4.42. The summed E-state index contributed by atoms with van der Waals surface area (Å²) in [6, 6.07) is 5.41. The van der Waals surface area contributed by atoms with Crippen LogP contribution >= 0.6 is 0 Å². The van der Waals surface area contributed by atoms with Crippen molar-refractivity contribution in [3.8, 4) is 0 Å². The molecule has 2 N–H and O–H groups in total. The number of benzene rings is 1. The highest BCUT2D eigenvalue weighted by Crippen LogP contribution is 2.40. The van der Waals surface area contributed by atoms with Crippen LogP contribution in [0.3, 0.4) is 0 Å². The maximum Gasteiger partial charge on any atom is 0.416 e. The Labute approximate surface area is 114 Å². The van der Waals surface area contributed by atoms with E-state index in [1.54, 1.807) is 6.07 Å². The first kappa shape index (κ1) is 14.8. The number of nitrogens with one attached hydrogen (secondary N) is 1. The van der Waals surface area contributed by atoms with Crippen molar-refractivity contribution in [1.29, 1.82) is 0 Å². The zero-order valence-corrected chi connectivity index (χ0v) is 11.0. The van der Waals surface area contributed by atoms with Crippen molar-refractivity contribution in [3.05, 3.63) is 35.4 Å². The van der Waals surface area contributed by atoms with Crippen molar-refractivity contribution >= 4 is 5.97 Å². The van der Waals surface area contributed by atoms with Gasteiger partial charge < -0.3 is 10.4 Å². The highest BCUT2D eigenvalue weighted by molar-refractivity contribution is 5.78. The van der Waals surface area contributed by atoms with Gasteiger partial charge in [0.15, 0.2) is 0 Å². The average Bonchev–Trinajstić information content (AvgIpc) is 2.37. The van der Waals surface area contributed by atoms with Gasteiger partial charge in [-0.05, 0) is 43.9 Å². The standard InChI is InChI=1S/C14H16F3NO2/c1-13(12(19)20)8-9(6-7-18-13)10-4-2-3-5-11(10)14(15,16)17/h2-5,9,18H,6-8H2,1H3,(H,19,20). The fraction of sp³-hybridized carbons (Fsp3) is 0.500. The molecule has 0 saturated carbocycles. The van der Waals surface area contributed by atoms with E-state index in [1.165, 1.54) is 19.1 Å². The maximum absolute atomic E-state index is 13.0. The summed E-state index contributed by atoms with van der Waals surface area (Å²) in [4.78, 5) is 11.3. The molecule has 1 aromatic carbocycles. The summed E-state index contributed by atoms with van der Waals surface area (Å²) in [5.41, 5.74) is -1.66. The Morgan fingerprint density at radius 2 is 2.05 bits per heavy atom. The molecule has 2 rings (SSSR count). The maximum atomic E-state index is 13.0. The minimum absolute atomic E-state index is 0.148. The zero-order chi connectivity index (χ0) is 15.0. The highest BCUT2D eigenvalue weighted by Gasteiger charge is 2.42. The molecule has 0 bridgehead atoms. The summed E-state index contributed by atoms with van der Waals surface area (Å²) in [6.07, 6.45) is -3.77. The van der Waals surface area contributed by atoms with Gasteiger partial charge in [0.2, 0.25) is 0 Å². The first-order valence-corrected chi connectivity index (χ1v) is 6.38. The lowest BCUT2D eigenvalue weighted by atomic mass is 9.78. The molecule has 1 saturated heterocycles. The predicted molar refractivity (Wildman–Crippen MR) is 67.5 cm³/mol. The summed E-state index contributed by atoms with van der Waals surface area (Å²) in [7, 11) is 0. The molecule has 2 atom stereocenters. The Morgan fingerprint density at radius 1 is 1.40 bits per heavy atom. The molecule has 0 spiro atoms. The largest absolute Gasteiger partial charge is 0.480 e. The molecule has 6 heteroatoms. The summed E-state index contributed by atoms with van der Waals surface area (Å²) >= 11 is 0. The van der Waals surface area contributed by atoms with Crippen LogP contribution in [0.25, 0.3) is 0 Å². The van der Waals surface area contributed by atoms with Crippen molar-refractivity contribution in [3.63, 3.8) is 0 Å². The molecular weight excluding hydrogens is 271 g/mol. The van der Waals surface area contributed by atoms with Crippen LogP contribution in [0.4, 0.5) is 13.2 Å². The number of carboxylic acid groups (broad SMARTS) is 1. The smallest absolute Gasteiger partial charge is 0.416 e. The van der Waals surface area contributed by atoms with Crippen LogP contribution in [0.5, 0.6) is 0 Å². The Kier molecular flexibility index (Phi) is 3.77. The van der Waals surface area contributed by atoms with Crippen LogP contribution < -0.4 is 5.32 Å². The molecule has 0 amide bonds. The van der Waals surface area contributed by atoms with Crippen molar-refractivity contribution in [2.24, 2.45) is 0 Å². The Bertz CT molecular complexity index is 515. The van der Waals surface area contributed by atoms with E-state index in [-0.39, 0.29) is 12.0 Å². The Hall–Kier alpha value is -1.56. The van der Waals surface area contributed by atoms with Gasteiger partial charge in [-0.2, -0.15) is 13.2 Å². The van der Waals surface area contributed by atoms with E-state index >= 15 is 0 Å². The summed E-state index contributed by atoms with van der Waals surface area (Å²) in [5.74, 6) is -1.44. The molecule has 1 fully saturated rings. The number of alkyl halides is 3. The molecular formula is C14H16F3NO2. The third kappa shape index (κ3) is 2.80. The van der Waals surface area contributed by atoms with Crippen LogP contribution in [0, 0.1) is 0 Å². The number of piperidine rings is 1. The first-order chi connectivity index (χ1) is 9.24. The second kappa shape index (κ2) is 5.09. The number of hydrogen-bond acceptors (Lipinski definition) is 2. The molecule has 2 unspecified atom stereocenters. The van der Waals surface area contributed by atoms with Gasteiger partial charge >= 0.3 is 12.1 Å². The second-order valence-electron chi connectivity index (χ2n) is 5.34. The third-order valence-electron chi connectivity index (χ3n) is 3.84. The van der Waals surface area contributed by atoms with Gasteiger partial charge in [0.25, 0.3) is 0 Å². The van der Waals surface area contributed by atoms with Gasteiger partial charge in [0, 0.05) is 0 Å². The first-order valence-electron chi connectivity index (χ1n) is 6.38. The molecule has 0 radical (unpaired) electrons. The van der Waals surface area contributed by atoms with Gasteiger partial charge in [-0.3, -0.25) is 4.79 Å². The number of hydrogen-bond donors (Lipinski definition) is 2. The molecule has 1 aliphatic heterocycles. The Balaban J connectivity index is 2.35. The molecule has 1 heterocycles. The van der Waals surface area contributed by atoms with Crippen LogP contribution in [0.2, 0.25) is 0 Å². The van der Waals surface area contributed by atoms with Gasteiger partial charge in [0.1, 0.15) is 5.54 Å². The number of carboxylic acids is 1. The monoisotopic (exact) mass is 287 g/mol. The van der Waals surface area contributed by atoms with Crippen LogP contribution in [0.1, 0.15) is 36.8 Å². The number of rotatable bonds is 2. The van der Waals surface area contributed by atoms with Gasteiger partial charge in [-0.15, -0.1) is 0 Å². The number of halogens is 3. The average molecular weight is 287 g/mol. The zero-order valence-electron chi connectivity index (χ0n) is 11.0. The SMILES string of the molecule is CC1(C(=O)O)CC(c2ccccc2C(F)(F)F)CCN1. The summed E-state index contributed by atoms with van der Waals surface area (Å²) in [5, 5.41) is 12.1. The van der Waals surface area contributed by atoms with E-state index in [2.05, 4.69) is 5.32 Å². The normalized spacial score (nSPS) is 27.3. The molecule has 3 nitrogen and oxygen atoms in total. The number of aliphatic carboxylic acids is 1. The minimum Gasteiger partial charge on any atom is -0.480 e. The van der Waals surface area contributed by atoms with E-state index in [9.17, 15) is 23.1 Å². The van der Waals surface area contributed by atoms with E-state index in [4.69, 9.17) is 0 Å². The topological polar surface area (TPSA) is 49.3 Å². The molecule has 20 heavy (non-hydrogen) atoms. The lowest BCUT2D eigenvalue weighted by Gasteiger charge is -2.37. The fourth-order valence-corrected chi connectivity index (χ4v) is 2.73. The quantitative estimate of drug-likeness (QED) is 0.879. The predicted octanol–water partition coefficient (Wildman–Crippen LogP) is 3.02. The van der Waals surface area contributed by atoms with Crippen molar-refractivity contribution in [2.45, 2.75) is 37.4 Å². The molecule has 0 aliphatic carbocycles. The van der Waals surface area contributed by atoms with Crippen molar-refractivity contribution < 1.29 is 23.1 Å². The van der Waals surface area contributed by atoms with Gasteiger partial charge in [-0.1, -0.05) is 18.2 Å². The summed E-state index contributed by atoms with van der Waals surface area (Å²) in [6.45, 7) is 1.90. The van der Waals surface area contributed by atoms with Crippen LogP contribution in [-0.4, -0.2) is 23.2 Å². The van der Waals surface area contributed by atoms with Crippen molar-refractivity contribution in [2.75, 3.05) is 6.54 Å². The molecule has 0 aromatic heterocycles. The lowest BCUT2D eigenvalue weighted by Crippen LogP contribution is -2.54. The third-order valence-corrected chi connectivity index (χ3v) is 3.84. The van der Waals surface area contributed by atoms with E-state index in [0.29, 0.717) is 13.0 Å². The fourth-order valence-electron chi connectivity index (χ4n) is 2.73. The van der Waals surface area contributed by atoms with Crippen LogP contribution in [-0.2, 0) is 11.0 Å². The Morgan fingerprint density at radius 3 is 2.65 bits per heavy atom. The van der Waals surface area contributed by atoms with E-state index in [0.717, 1.165) is 6.07 Å². The van der Waals surface area contributed by atoms with Gasteiger partial charge in [-0.25, -0.2) is 0 Å². The molecule has 1 aliphatic rings.